The minimum atomic E-state index is 0.600. The zero-order valence-electron chi connectivity index (χ0n) is 25.0. The summed E-state index contributed by atoms with van der Waals surface area (Å²) in [6.07, 6.45) is 0. The third-order valence-corrected chi connectivity index (χ3v) is 8.47. The molecule has 0 amide bonds. The Morgan fingerprint density at radius 3 is 1.05 bits per heavy atom. The van der Waals surface area contributed by atoms with Gasteiger partial charge in [-0.05, 0) is 83.1 Å². The molecule has 0 bridgehead atoms. The number of aryl methyl sites for hydroxylation is 5. The van der Waals surface area contributed by atoms with E-state index in [1.807, 2.05) is 0 Å². The molecule has 0 spiro atoms. The zero-order chi connectivity index (χ0) is 29.4. The summed E-state index contributed by atoms with van der Waals surface area (Å²) in [5, 5.41) is 4.78. The molecule has 0 unspecified atom stereocenters. The maximum atomic E-state index is 5.26. The Labute approximate surface area is 250 Å². The third-order valence-electron chi connectivity index (χ3n) is 8.47. The second-order valence-electron chi connectivity index (χ2n) is 11.9. The van der Waals surface area contributed by atoms with Crippen LogP contribution in [0.25, 0.3) is 66.9 Å². The van der Waals surface area contributed by atoms with Gasteiger partial charge in [-0.1, -0.05) is 76.3 Å². The van der Waals surface area contributed by atoms with Gasteiger partial charge in [-0.25, -0.2) is 0 Å². The number of benzene rings is 5. The number of nitrogens with zero attached hydrogens (tertiary/aromatic N) is 5. The van der Waals surface area contributed by atoms with E-state index in [2.05, 4.69) is 141 Å². The predicted octanol–water partition coefficient (Wildman–Crippen LogP) is 9.27. The van der Waals surface area contributed by atoms with Gasteiger partial charge in [0.15, 0.2) is 5.82 Å². The van der Waals surface area contributed by atoms with Crippen LogP contribution >= 0.6 is 0 Å². The van der Waals surface area contributed by atoms with Crippen LogP contribution in [0.15, 0.2) is 97.1 Å². The Morgan fingerprint density at radius 2 is 0.698 bits per heavy atom. The second kappa shape index (κ2) is 9.36. The van der Waals surface area contributed by atoms with Crippen molar-refractivity contribution >= 4 is 43.6 Å². The Balaban J connectivity index is 1.50. The molecule has 3 heterocycles. The molecule has 0 saturated heterocycles. The molecule has 5 nitrogen and oxygen atoms in total. The summed E-state index contributed by atoms with van der Waals surface area (Å²) in [6, 6.07) is 34.8. The van der Waals surface area contributed by atoms with Gasteiger partial charge in [0.2, 0.25) is 11.9 Å². The van der Waals surface area contributed by atoms with Crippen LogP contribution in [0.5, 0.6) is 0 Å². The Hall–Kier alpha value is -5.29. The van der Waals surface area contributed by atoms with Gasteiger partial charge in [0, 0.05) is 27.1 Å². The highest BCUT2D eigenvalue weighted by Gasteiger charge is 2.21. The molecule has 0 N–H and O–H groups in total. The van der Waals surface area contributed by atoms with Crippen molar-refractivity contribution in [2.75, 3.05) is 0 Å². The first kappa shape index (κ1) is 25.4. The molecular weight excluding hydrogens is 526 g/mol. The molecule has 0 fully saturated rings. The van der Waals surface area contributed by atoms with E-state index in [0.29, 0.717) is 17.7 Å². The average Bonchev–Trinajstić information content (AvgIpc) is 3.48. The summed E-state index contributed by atoms with van der Waals surface area (Å²) in [5.41, 5.74) is 11.3. The van der Waals surface area contributed by atoms with Gasteiger partial charge >= 0.3 is 0 Å². The van der Waals surface area contributed by atoms with Crippen molar-refractivity contribution in [2.24, 2.45) is 0 Å². The second-order valence-corrected chi connectivity index (χ2v) is 11.9. The Bertz CT molecular complexity index is 2130. The van der Waals surface area contributed by atoms with Gasteiger partial charge in [0.1, 0.15) is 0 Å². The lowest BCUT2D eigenvalue weighted by molar-refractivity contribution is 0.892. The van der Waals surface area contributed by atoms with Crippen molar-refractivity contribution in [1.82, 2.24) is 24.1 Å². The third kappa shape index (κ3) is 4.03. The standard InChI is InChI=1S/C38H31N5/c1-22-6-12-27(13-7-22)36-39-37(42-32-14-8-23(2)18-28(32)29-19-24(3)9-15-33(29)42)41-38(40-36)43-34-16-10-25(4)20-30(34)31-21-26(5)11-17-35(31)43/h6-21H,1-5H3. The normalized spacial score (nSPS) is 11.8. The largest absolute Gasteiger partial charge is 0.278 e. The van der Waals surface area contributed by atoms with Gasteiger partial charge in [-0.2, -0.15) is 15.0 Å². The topological polar surface area (TPSA) is 48.5 Å². The highest BCUT2D eigenvalue weighted by Crippen LogP contribution is 2.35. The van der Waals surface area contributed by atoms with Crippen molar-refractivity contribution in [3.05, 3.63) is 125 Å². The maximum Gasteiger partial charge on any atom is 0.240 e. The molecule has 0 aliphatic rings. The van der Waals surface area contributed by atoms with Crippen molar-refractivity contribution in [3.63, 3.8) is 0 Å². The van der Waals surface area contributed by atoms with E-state index < -0.39 is 0 Å². The van der Waals surface area contributed by atoms with E-state index >= 15 is 0 Å². The van der Waals surface area contributed by atoms with Gasteiger partial charge in [0.05, 0.1) is 22.1 Å². The number of hydrogen-bond donors (Lipinski definition) is 0. The maximum absolute atomic E-state index is 5.26. The fraction of sp³-hybridized carbons (Fsp3) is 0.132. The summed E-state index contributed by atoms with van der Waals surface area (Å²) in [7, 11) is 0. The molecule has 5 aromatic carbocycles. The summed E-state index contributed by atoms with van der Waals surface area (Å²) < 4.78 is 4.38. The zero-order valence-corrected chi connectivity index (χ0v) is 25.0. The van der Waals surface area contributed by atoms with Crippen LogP contribution in [0.1, 0.15) is 27.8 Å². The van der Waals surface area contributed by atoms with Gasteiger partial charge in [-0.3, -0.25) is 9.13 Å². The predicted molar refractivity (Wildman–Crippen MR) is 178 cm³/mol. The van der Waals surface area contributed by atoms with Crippen LogP contribution in [-0.2, 0) is 0 Å². The van der Waals surface area contributed by atoms with E-state index in [1.165, 1.54) is 49.4 Å². The summed E-state index contributed by atoms with van der Waals surface area (Å²) in [5.74, 6) is 1.84. The van der Waals surface area contributed by atoms with Crippen LogP contribution in [0.2, 0.25) is 0 Å². The van der Waals surface area contributed by atoms with Crippen LogP contribution in [0.3, 0.4) is 0 Å². The summed E-state index contributed by atoms with van der Waals surface area (Å²) >= 11 is 0. The average molecular weight is 558 g/mol. The molecule has 5 heteroatoms. The van der Waals surface area contributed by atoms with Crippen molar-refractivity contribution in [3.8, 4) is 23.3 Å². The lowest BCUT2D eigenvalue weighted by Crippen LogP contribution is -2.10. The Morgan fingerprint density at radius 1 is 0.372 bits per heavy atom. The highest BCUT2D eigenvalue weighted by molar-refractivity contribution is 6.10. The molecule has 0 aliphatic carbocycles. The molecule has 0 atom stereocenters. The number of fused-ring (bicyclic) bond motifs is 6. The van der Waals surface area contributed by atoms with E-state index in [9.17, 15) is 0 Å². The molecule has 0 aliphatic heterocycles. The highest BCUT2D eigenvalue weighted by atomic mass is 15.3. The molecule has 3 aromatic heterocycles. The quantitative estimate of drug-likeness (QED) is 0.217. The van der Waals surface area contributed by atoms with Gasteiger partial charge < -0.3 is 0 Å². The monoisotopic (exact) mass is 557 g/mol. The smallest absolute Gasteiger partial charge is 0.240 e. The fourth-order valence-electron chi connectivity index (χ4n) is 6.32. The van der Waals surface area contributed by atoms with E-state index in [4.69, 9.17) is 15.0 Å². The van der Waals surface area contributed by atoms with E-state index in [-0.39, 0.29) is 0 Å². The summed E-state index contributed by atoms with van der Waals surface area (Å²) in [6.45, 7) is 10.7. The molecule has 8 aromatic rings. The number of hydrogen-bond acceptors (Lipinski definition) is 3. The van der Waals surface area contributed by atoms with E-state index in [1.54, 1.807) is 0 Å². The molecule has 0 radical (unpaired) electrons. The van der Waals surface area contributed by atoms with Crippen LogP contribution in [0.4, 0.5) is 0 Å². The lowest BCUT2D eigenvalue weighted by atomic mass is 10.1. The molecule has 0 saturated carbocycles. The SMILES string of the molecule is Cc1ccc(-c2nc(-n3c4ccc(C)cc4c4cc(C)ccc43)nc(-n3c4ccc(C)cc4c4cc(C)ccc43)n2)cc1. The fourth-order valence-corrected chi connectivity index (χ4v) is 6.32. The van der Waals surface area contributed by atoms with Gasteiger partial charge in [0.25, 0.3) is 0 Å². The van der Waals surface area contributed by atoms with Gasteiger partial charge in [-0.15, -0.1) is 0 Å². The minimum Gasteiger partial charge on any atom is -0.278 e. The van der Waals surface area contributed by atoms with Crippen molar-refractivity contribution in [2.45, 2.75) is 34.6 Å². The lowest BCUT2D eigenvalue weighted by Gasteiger charge is -2.13. The molecule has 43 heavy (non-hydrogen) atoms. The van der Waals surface area contributed by atoms with E-state index in [0.717, 1.165) is 27.6 Å². The van der Waals surface area contributed by atoms with Crippen molar-refractivity contribution < 1.29 is 0 Å². The van der Waals surface area contributed by atoms with Crippen LogP contribution in [-0.4, -0.2) is 24.1 Å². The number of rotatable bonds is 3. The first-order valence-corrected chi connectivity index (χ1v) is 14.7. The van der Waals surface area contributed by atoms with Crippen LogP contribution in [0, 0.1) is 34.6 Å². The van der Waals surface area contributed by atoms with Crippen molar-refractivity contribution in [1.29, 1.82) is 0 Å². The Kier molecular flexibility index (Phi) is 5.54. The number of aromatic nitrogens is 5. The first-order chi connectivity index (χ1) is 20.8. The minimum absolute atomic E-state index is 0.600. The first-order valence-electron chi connectivity index (χ1n) is 14.7. The molecule has 8 rings (SSSR count). The molecular formula is C38H31N5. The molecule has 208 valence electrons. The summed E-state index contributed by atoms with van der Waals surface area (Å²) in [4.78, 5) is 15.5. The van der Waals surface area contributed by atoms with Crippen LogP contribution < -0.4 is 0 Å².